The fraction of sp³-hybridized carbons (Fsp3) is 0.429. The van der Waals surface area contributed by atoms with E-state index < -0.39 is 65.9 Å². The number of rotatable bonds is 11. The van der Waals surface area contributed by atoms with Crippen LogP contribution in [0.1, 0.15) is 69.2 Å². The fourth-order valence-corrected chi connectivity index (χ4v) is 6.86. The molecule has 2 aromatic carbocycles. The van der Waals surface area contributed by atoms with Crippen LogP contribution in [-0.4, -0.2) is 72.3 Å². The summed E-state index contributed by atoms with van der Waals surface area (Å²) in [6.45, 7) is 1.09. The van der Waals surface area contributed by atoms with E-state index in [2.05, 4.69) is 25.6 Å². The summed E-state index contributed by atoms with van der Waals surface area (Å²) in [5, 5.41) is 24.6. The largest absolute Gasteiger partial charge is 0.447 e. The van der Waals surface area contributed by atoms with Crippen LogP contribution in [0.5, 0.6) is 0 Å². The van der Waals surface area contributed by atoms with Gasteiger partial charge in [-0.1, -0.05) is 55.8 Å². The third kappa shape index (κ3) is 6.75. The number of hydrogen-bond acceptors (Lipinski definition) is 7. The van der Waals surface area contributed by atoms with Crippen LogP contribution in [-0.2, 0) is 15.1 Å². The molecule has 0 radical (unpaired) electrons. The Kier molecular flexibility index (Phi) is 8.97. The molecule has 2 atom stereocenters. The van der Waals surface area contributed by atoms with Crippen LogP contribution in [0.3, 0.4) is 0 Å². The summed E-state index contributed by atoms with van der Waals surface area (Å²) in [7, 11) is 0. The van der Waals surface area contributed by atoms with Gasteiger partial charge in [0.2, 0.25) is 0 Å². The zero-order valence-electron chi connectivity index (χ0n) is 28.8. The molecule has 54 heavy (non-hydrogen) atoms. The predicted octanol–water partition coefficient (Wildman–Crippen LogP) is 7.43. The second-order valence-corrected chi connectivity index (χ2v) is 14.9. The molecule has 1 saturated heterocycles. The van der Waals surface area contributed by atoms with Crippen LogP contribution in [0.25, 0.3) is 22.5 Å². The molecule has 3 aliphatic rings. The predicted molar refractivity (Wildman–Crippen MR) is 182 cm³/mol. The molecule has 0 spiro atoms. The minimum absolute atomic E-state index is 0.118. The Morgan fingerprint density at radius 3 is 2.39 bits per heavy atom. The Morgan fingerprint density at radius 1 is 1.09 bits per heavy atom. The first-order chi connectivity index (χ1) is 25.3. The van der Waals surface area contributed by atoms with Crippen LogP contribution in [0.15, 0.2) is 61.2 Å². The average molecular weight is 778 g/mol. The number of alkyl carbamates (subject to hydrolysis) is 1. The highest BCUT2D eigenvalue weighted by Crippen LogP contribution is 2.50. The van der Waals surface area contributed by atoms with Crippen LogP contribution in [0, 0.1) is 10.8 Å². The van der Waals surface area contributed by atoms with Crippen LogP contribution >= 0.6 is 11.6 Å². The Balaban J connectivity index is 1.27. The van der Waals surface area contributed by atoms with Crippen molar-refractivity contribution >= 4 is 29.6 Å². The van der Waals surface area contributed by atoms with E-state index in [-0.39, 0.29) is 40.4 Å². The van der Waals surface area contributed by atoms with E-state index in [9.17, 15) is 35.9 Å². The van der Waals surface area contributed by atoms with E-state index in [1.165, 1.54) is 36.7 Å². The molecule has 2 amide bonds. The van der Waals surface area contributed by atoms with Gasteiger partial charge in [-0.2, -0.15) is 36.5 Å². The van der Waals surface area contributed by atoms with E-state index in [4.69, 9.17) is 21.7 Å². The maximum atomic E-state index is 14.9. The summed E-state index contributed by atoms with van der Waals surface area (Å²) in [6.07, 6.45) is -5.76. The van der Waals surface area contributed by atoms with Crippen molar-refractivity contribution in [2.45, 2.75) is 81.5 Å². The highest BCUT2D eigenvalue weighted by molar-refractivity contribution is 6.33. The fourth-order valence-electron chi connectivity index (χ4n) is 6.65. The monoisotopic (exact) mass is 777 g/mol. The number of nitrogens with one attached hydrogen (secondary N) is 4. The maximum absolute atomic E-state index is 14.9. The Bertz CT molecular complexity index is 2080. The van der Waals surface area contributed by atoms with E-state index in [0.29, 0.717) is 11.6 Å². The summed E-state index contributed by atoms with van der Waals surface area (Å²) in [6, 6.07) is 9.50. The van der Waals surface area contributed by atoms with Crippen molar-refractivity contribution in [3.63, 3.8) is 0 Å². The van der Waals surface area contributed by atoms with Crippen LogP contribution in [0.2, 0.25) is 5.02 Å². The quantitative estimate of drug-likeness (QED) is 0.116. The smallest absolute Gasteiger partial charge is 0.411 e. The summed E-state index contributed by atoms with van der Waals surface area (Å²) in [5.74, 6) is -1.42. The standard InChI is InChI=1S/C35H34ClF6N9O3/c1-31(2,34(37,38)39)17-33(22-6-3-19(4-7-22)21-14-46-50(15-21)23-8-9-23)28(52)51(29(43)47-33)26(16-54-30(53)48-32(11-12-32)35(40,41)42)20-5-10-25(36)24(13-20)27-44-18-45-49-27/h3-7,10,13-15,18,23,26H,8-9,11-12,16-17H2,1-2H3,(H2,43,47)(H,48,53)(H,44,45,49)/t26-,33-/m1/s1. The van der Waals surface area contributed by atoms with Gasteiger partial charge in [0.1, 0.15) is 24.0 Å². The number of alkyl halides is 6. The Hall–Kier alpha value is -5.13. The number of halogens is 7. The Morgan fingerprint density at radius 2 is 1.80 bits per heavy atom. The molecule has 0 unspecified atom stereocenters. The summed E-state index contributed by atoms with van der Waals surface area (Å²) >= 11 is 6.44. The first-order valence-electron chi connectivity index (χ1n) is 16.9. The van der Waals surface area contributed by atoms with Gasteiger partial charge in [0.15, 0.2) is 11.8 Å². The molecule has 3 heterocycles. The lowest BCUT2D eigenvalue weighted by Gasteiger charge is -2.37. The van der Waals surface area contributed by atoms with E-state index in [0.717, 1.165) is 37.2 Å². The van der Waals surface area contributed by atoms with Crippen LogP contribution in [0.4, 0.5) is 31.1 Å². The molecule has 12 nitrogen and oxygen atoms in total. The lowest BCUT2D eigenvalue weighted by Crippen LogP contribution is -2.50. The normalized spacial score (nSPS) is 20.5. The maximum Gasteiger partial charge on any atom is 0.411 e. The SMILES string of the molecule is CC(C)(C[C@]1(c2ccc(-c3cnn(C4CC4)c3)cc2)NC(=N)N([C@H](COC(=O)NC2(C(F)(F)F)CC2)c2ccc(Cl)c(-c3ncn[nH]3)c2)C1=O)C(F)(F)F. The second-order valence-electron chi connectivity index (χ2n) is 14.5. The molecule has 3 fully saturated rings. The van der Waals surface area contributed by atoms with Gasteiger partial charge in [-0.05, 0) is 60.9 Å². The van der Waals surface area contributed by atoms with Gasteiger partial charge in [0, 0.05) is 17.3 Å². The molecule has 4 aromatic rings. The molecule has 2 saturated carbocycles. The molecule has 1 aliphatic heterocycles. The van der Waals surface area contributed by atoms with Gasteiger partial charge in [-0.25, -0.2) is 9.78 Å². The molecule has 0 bridgehead atoms. The number of hydrogen-bond donors (Lipinski definition) is 4. The third-order valence-corrected chi connectivity index (χ3v) is 10.6. The van der Waals surface area contributed by atoms with Crippen molar-refractivity contribution in [1.82, 2.24) is 40.5 Å². The first kappa shape index (κ1) is 37.2. The molecule has 7 rings (SSSR count). The zero-order valence-corrected chi connectivity index (χ0v) is 29.5. The lowest BCUT2D eigenvalue weighted by molar-refractivity contribution is -0.218. The number of carbonyl (C=O) groups excluding carboxylic acids is 2. The number of carbonyl (C=O) groups is 2. The average Bonchev–Trinajstić information content (AvgIpc) is 3.96. The van der Waals surface area contributed by atoms with Gasteiger partial charge < -0.3 is 15.4 Å². The number of guanidine groups is 1. The van der Waals surface area contributed by atoms with Gasteiger partial charge in [0.05, 0.1) is 28.7 Å². The molecule has 2 aliphatic carbocycles. The second kappa shape index (κ2) is 13.0. The molecule has 2 aromatic heterocycles. The minimum atomic E-state index is -4.78. The van der Waals surface area contributed by atoms with E-state index in [1.807, 2.05) is 16.2 Å². The summed E-state index contributed by atoms with van der Waals surface area (Å²) < 4.78 is 91.7. The first-order valence-corrected chi connectivity index (χ1v) is 17.3. The third-order valence-electron chi connectivity index (χ3n) is 10.2. The van der Waals surface area contributed by atoms with Gasteiger partial charge in [-0.3, -0.25) is 24.9 Å². The van der Waals surface area contributed by atoms with Crippen molar-refractivity contribution < 1.29 is 40.7 Å². The number of H-pyrrole nitrogens is 1. The number of aromatic nitrogens is 5. The van der Waals surface area contributed by atoms with Gasteiger partial charge in [0.25, 0.3) is 5.91 Å². The van der Waals surface area contributed by atoms with Gasteiger partial charge >= 0.3 is 18.4 Å². The number of benzene rings is 2. The molecular formula is C35H34ClF6N9O3. The molecular weight excluding hydrogens is 744 g/mol. The highest BCUT2D eigenvalue weighted by atomic mass is 35.5. The number of aromatic amines is 1. The highest BCUT2D eigenvalue weighted by Gasteiger charge is 2.65. The minimum Gasteiger partial charge on any atom is -0.447 e. The topological polar surface area (TPSA) is 154 Å². The summed E-state index contributed by atoms with van der Waals surface area (Å²) in [5.41, 5.74) is -5.09. The Labute approximate surface area is 309 Å². The van der Waals surface area contributed by atoms with Crippen molar-refractivity contribution in [3.05, 3.63) is 77.3 Å². The molecule has 19 heteroatoms. The number of amides is 2. The van der Waals surface area contributed by atoms with Crippen molar-refractivity contribution in [2.24, 2.45) is 5.41 Å². The van der Waals surface area contributed by atoms with Gasteiger partial charge in [-0.15, -0.1) is 0 Å². The van der Waals surface area contributed by atoms with Crippen molar-refractivity contribution in [2.75, 3.05) is 6.61 Å². The van der Waals surface area contributed by atoms with E-state index in [1.54, 1.807) is 18.3 Å². The molecule has 286 valence electrons. The number of nitrogens with zero attached hydrogens (tertiary/aromatic N) is 5. The number of ether oxygens (including phenoxy) is 1. The summed E-state index contributed by atoms with van der Waals surface area (Å²) in [4.78, 5) is 32.6. The van der Waals surface area contributed by atoms with Crippen molar-refractivity contribution in [1.29, 1.82) is 5.41 Å². The zero-order chi connectivity index (χ0) is 38.8. The lowest BCUT2D eigenvalue weighted by atomic mass is 9.73. The van der Waals surface area contributed by atoms with Crippen molar-refractivity contribution in [3.8, 4) is 22.5 Å². The van der Waals surface area contributed by atoms with Crippen LogP contribution < -0.4 is 10.6 Å². The molecule has 4 N–H and O–H groups in total. The van der Waals surface area contributed by atoms with E-state index >= 15 is 0 Å².